The Morgan fingerprint density at radius 2 is 2.30 bits per heavy atom. The molecular formula is C17H24N4O2. The Kier molecular flexibility index (Phi) is 4.50. The highest BCUT2D eigenvalue weighted by Gasteiger charge is 2.33. The second-order valence-corrected chi connectivity index (χ2v) is 6.36. The first kappa shape index (κ1) is 15.8. The van der Waals surface area contributed by atoms with Crippen molar-refractivity contribution in [2.24, 2.45) is 0 Å². The molecule has 2 aromatic heterocycles. The number of hydrogen-bond acceptors (Lipinski definition) is 4. The predicted octanol–water partition coefficient (Wildman–Crippen LogP) is 3.00. The van der Waals surface area contributed by atoms with Crippen molar-refractivity contribution in [3.05, 3.63) is 35.0 Å². The molecule has 0 saturated heterocycles. The van der Waals surface area contributed by atoms with E-state index < -0.39 is 0 Å². The van der Waals surface area contributed by atoms with Crippen molar-refractivity contribution in [2.75, 3.05) is 6.54 Å². The highest BCUT2D eigenvalue weighted by atomic mass is 16.5. The van der Waals surface area contributed by atoms with Gasteiger partial charge in [0.15, 0.2) is 0 Å². The molecule has 0 aromatic carbocycles. The van der Waals surface area contributed by atoms with Crippen LogP contribution in [-0.2, 0) is 6.42 Å². The Balaban J connectivity index is 1.66. The smallest absolute Gasteiger partial charge is 0.254 e. The Morgan fingerprint density at radius 1 is 1.52 bits per heavy atom. The van der Waals surface area contributed by atoms with Crippen LogP contribution in [0.5, 0.6) is 0 Å². The molecule has 6 heteroatoms. The van der Waals surface area contributed by atoms with Gasteiger partial charge in [-0.15, -0.1) is 0 Å². The number of amides is 1. The van der Waals surface area contributed by atoms with Crippen molar-refractivity contribution in [1.82, 2.24) is 20.3 Å². The first-order chi connectivity index (χ1) is 11.1. The highest BCUT2D eigenvalue weighted by Crippen LogP contribution is 2.42. The molecule has 2 aromatic rings. The lowest BCUT2D eigenvalue weighted by atomic mass is 10.1. The van der Waals surface area contributed by atoms with Gasteiger partial charge < -0.3 is 9.84 Å². The van der Waals surface area contributed by atoms with Crippen LogP contribution in [0.15, 0.2) is 16.8 Å². The minimum Gasteiger partial charge on any atom is -0.361 e. The van der Waals surface area contributed by atoms with Crippen LogP contribution in [0, 0.1) is 6.92 Å². The standard InChI is InChI=1S/C17H24N4O2/c1-4-12(3)21-16(13-5-6-13)15(10-19-21)17(22)18-8-7-14-9-11(2)20-23-14/h9-10,12-13H,4-8H2,1-3H3,(H,18,22). The molecule has 0 spiro atoms. The molecule has 1 fully saturated rings. The van der Waals surface area contributed by atoms with Crippen molar-refractivity contribution >= 4 is 5.91 Å². The molecule has 23 heavy (non-hydrogen) atoms. The summed E-state index contributed by atoms with van der Waals surface area (Å²) < 4.78 is 7.19. The summed E-state index contributed by atoms with van der Waals surface area (Å²) >= 11 is 0. The van der Waals surface area contributed by atoms with Gasteiger partial charge in [-0.05, 0) is 33.1 Å². The maximum absolute atomic E-state index is 12.5. The molecule has 1 aliphatic carbocycles. The topological polar surface area (TPSA) is 73.0 Å². The van der Waals surface area contributed by atoms with E-state index in [0.29, 0.717) is 24.9 Å². The van der Waals surface area contributed by atoms with E-state index in [-0.39, 0.29) is 5.91 Å². The molecule has 1 unspecified atom stereocenters. The molecule has 1 amide bonds. The van der Waals surface area contributed by atoms with Gasteiger partial charge in [0.1, 0.15) is 5.76 Å². The Labute approximate surface area is 136 Å². The molecule has 1 aliphatic rings. The molecule has 6 nitrogen and oxygen atoms in total. The number of aryl methyl sites for hydroxylation is 1. The van der Waals surface area contributed by atoms with Gasteiger partial charge >= 0.3 is 0 Å². The summed E-state index contributed by atoms with van der Waals surface area (Å²) in [5.74, 6) is 1.24. The zero-order valence-electron chi connectivity index (χ0n) is 14.0. The number of carbonyl (C=O) groups excluding carboxylic acids is 1. The van der Waals surface area contributed by atoms with Crippen LogP contribution >= 0.6 is 0 Å². The van der Waals surface area contributed by atoms with Crippen LogP contribution < -0.4 is 5.32 Å². The summed E-state index contributed by atoms with van der Waals surface area (Å²) in [5, 5.41) is 11.3. The first-order valence-electron chi connectivity index (χ1n) is 8.38. The van der Waals surface area contributed by atoms with E-state index in [4.69, 9.17) is 4.52 Å². The molecule has 0 bridgehead atoms. The van der Waals surface area contributed by atoms with Crippen molar-refractivity contribution in [3.63, 3.8) is 0 Å². The van der Waals surface area contributed by atoms with Crippen LogP contribution in [0.1, 0.15) is 72.6 Å². The minimum absolute atomic E-state index is 0.0438. The normalized spacial score (nSPS) is 15.6. The lowest BCUT2D eigenvalue weighted by Crippen LogP contribution is -2.26. The number of carbonyl (C=O) groups is 1. The summed E-state index contributed by atoms with van der Waals surface area (Å²) in [6.07, 6.45) is 5.67. The molecule has 1 N–H and O–H groups in total. The SMILES string of the molecule is CCC(C)n1ncc(C(=O)NCCc2cc(C)no2)c1C1CC1. The zero-order chi connectivity index (χ0) is 16.4. The first-order valence-corrected chi connectivity index (χ1v) is 8.38. The number of hydrogen-bond donors (Lipinski definition) is 1. The van der Waals surface area contributed by atoms with Crippen molar-refractivity contribution < 1.29 is 9.32 Å². The lowest BCUT2D eigenvalue weighted by molar-refractivity contribution is 0.0952. The summed E-state index contributed by atoms with van der Waals surface area (Å²) in [4.78, 5) is 12.5. The maximum atomic E-state index is 12.5. The maximum Gasteiger partial charge on any atom is 0.254 e. The second kappa shape index (κ2) is 6.56. The minimum atomic E-state index is -0.0438. The van der Waals surface area contributed by atoms with Crippen LogP contribution in [0.4, 0.5) is 0 Å². The van der Waals surface area contributed by atoms with Crippen LogP contribution in [0.3, 0.4) is 0 Å². The van der Waals surface area contributed by atoms with Crippen molar-refractivity contribution in [3.8, 4) is 0 Å². The second-order valence-electron chi connectivity index (χ2n) is 6.36. The van der Waals surface area contributed by atoms with E-state index in [0.717, 1.165) is 42.0 Å². The third-order valence-corrected chi connectivity index (χ3v) is 4.38. The van der Waals surface area contributed by atoms with Gasteiger partial charge in [0.2, 0.25) is 0 Å². The van der Waals surface area contributed by atoms with E-state index in [1.807, 2.05) is 17.7 Å². The van der Waals surface area contributed by atoms with Gasteiger partial charge in [0.05, 0.1) is 23.1 Å². The average Bonchev–Trinajstić information content (AvgIpc) is 3.15. The van der Waals surface area contributed by atoms with E-state index in [2.05, 4.69) is 29.4 Å². The van der Waals surface area contributed by atoms with Gasteiger partial charge in [-0.3, -0.25) is 9.48 Å². The number of nitrogens with zero attached hydrogens (tertiary/aromatic N) is 3. The Bertz CT molecular complexity index is 685. The fraction of sp³-hybridized carbons (Fsp3) is 0.588. The number of aromatic nitrogens is 3. The van der Waals surface area contributed by atoms with Crippen LogP contribution in [-0.4, -0.2) is 27.4 Å². The summed E-state index contributed by atoms with van der Waals surface area (Å²) in [6, 6.07) is 2.22. The Hall–Kier alpha value is -2.11. The average molecular weight is 316 g/mol. The van der Waals surface area contributed by atoms with Gasteiger partial charge in [0.25, 0.3) is 5.91 Å². The van der Waals surface area contributed by atoms with E-state index >= 15 is 0 Å². The third-order valence-electron chi connectivity index (χ3n) is 4.38. The molecule has 124 valence electrons. The largest absolute Gasteiger partial charge is 0.361 e. The monoisotopic (exact) mass is 316 g/mol. The van der Waals surface area contributed by atoms with Gasteiger partial charge in [-0.2, -0.15) is 5.10 Å². The van der Waals surface area contributed by atoms with Crippen LogP contribution in [0.25, 0.3) is 0 Å². The fourth-order valence-electron chi connectivity index (χ4n) is 2.76. The summed E-state index contributed by atoms with van der Waals surface area (Å²) in [7, 11) is 0. The van der Waals surface area contributed by atoms with Gasteiger partial charge in [0, 0.05) is 31.0 Å². The van der Waals surface area contributed by atoms with Crippen molar-refractivity contribution in [1.29, 1.82) is 0 Å². The van der Waals surface area contributed by atoms with E-state index in [9.17, 15) is 4.79 Å². The molecule has 1 atom stereocenters. The molecular weight excluding hydrogens is 292 g/mol. The molecule has 1 saturated carbocycles. The zero-order valence-corrected chi connectivity index (χ0v) is 14.0. The van der Waals surface area contributed by atoms with Crippen LogP contribution in [0.2, 0.25) is 0 Å². The molecule has 0 radical (unpaired) electrons. The van der Waals surface area contributed by atoms with Gasteiger partial charge in [-0.1, -0.05) is 12.1 Å². The summed E-state index contributed by atoms with van der Waals surface area (Å²) in [6.45, 7) is 6.71. The Morgan fingerprint density at radius 3 is 2.91 bits per heavy atom. The van der Waals surface area contributed by atoms with Gasteiger partial charge in [-0.25, -0.2) is 0 Å². The van der Waals surface area contributed by atoms with E-state index in [1.165, 1.54) is 0 Å². The number of nitrogens with one attached hydrogen (secondary N) is 1. The predicted molar refractivity (Wildman–Crippen MR) is 86.5 cm³/mol. The summed E-state index contributed by atoms with van der Waals surface area (Å²) in [5.41, 5.74) is 2.69. The van der Waals surface area contributed by atoms with Crippen molar-refractivity contribution in [2.45, 2.75) is 58.4 Å². The lowest BCUT2D eigenvalue weighted by Gasteiger charge is -2.14. The molecule has 3 rings (SSSR count). The molecule has 0 aliphatic heterocycles. The third kappa shape index (κ3) is 3.46. The molecule has 2 heterocycles. The van der Waals surface area contributed by atoms with E-state index in [1.54, 1.807) is 6.20 Å². The quantitative estimate of drug-likeness (QED) is 0.852. The highest BCUT2D eigenvalue weighted by molar-refractivity contribution is 5.95. The number of rotatable bonds is 7. The fourth-order valence-corrected chi connectivity index (χ4v) is 2.76.